The topological polar surface area (TPSA) is 59.1 Å². The SMILES string of the molecule is COCCCNc1cc(C)nc(Nc2cc(Cl)ccc2Cl)n1. The number of benzene rings is 1. The molecule has 0 atom stereocenters. The standard InChI is InChI=1S/C15H18Cl2N4O/c1-10-8-14(18-6-3-7-22-2)21-15(19-10)20-13-9-11(16)4-5-12(13)17/h4-5,8-9H,3,6-7H2,1-2H3,(H2,18,19,20,21). The minimum atomic E-state index is 0.471. The quantitative estimate of drug-likeness (QED) is 0.736. The van der Waals surface area contributed by atoms with Gasteiger partial charge in [0.1, 0.15) is 5.82 Å². The first-order chi connectivity index (χ1) is 10.6. The molecule has 0 saturated heterocycles. The van der Waals surface area contributed by atoms with Crippen molar-refractivity contribution in [2.24, 2.45) is 0 Å². The summed E-state index contributed by atoms with van der Waals surface area (Å²) in [7, 11) is 1.69. The highest BCUT2D eigenvalue weighted by molar-refractivity contribution is 6.35. The van der Waals surface area contributed by atoms with E-state index in [-0.39, 0.29) is 0 Å². The second-order valence-electron chi connectivity index (χ2n) is 4.74. The lowest BCUT2D eigenvalue weighted by Gasteiger charge is -2.11. The van der Waals surface area contributed by atoms with Gasteiger partial charge in [-0.3, -0.25) is 0 Å². The van der Waals surface area contributed by atoms with E-state index in [9.17, 15) is 0 Å². The van der Waals surface area contributed by atoms with Gasteiger partial charge in [0.15, 0.2) is 0 Å². The predicted molar refractivity (Wildman–Crippen MR) is 91.5 cm³/mol. The fraction of sp³-hybridized carbons (Fsp3) is 0.333. The van der Waals surface area contributed by atoms with Crippen molar-refractivity contribution in [1.82, 2.24) is 9.97 Å². The van der Waals surface area contributed by atoms with Crippen LogP contribution in [0.15, 0.2) is 24.3 Å². The number of anilines is 3. The molecule has 7 heteroatoms. The maximum Gasteiger partial charge on any atom is 0.229 e. The van der Waals surface area contributed by atoms with Crippen LogP contribution in [0.3, 0.4) is 0 Å². The van der Waals surface area contributed by atoms with Crippen molar-refractivity contribution in [3.63, 3.8) is 0 Å². The van der Waals surface area contributed by atoms with Crippen molar-refractivity contribution in [2.75, 3.05) is 30.9 Å². The number of nitrogens with one attached hydrogen (secondary N) is 2. The molecule has 0 bridgehead atoms. The highest BCUT2D eigenvalue weighted by atomic mass is 35.5. The second-order valence-corrected chi connectivity index (χ2v) is 5.58. The van der Waals surface area contributed by atoms with Crippen molar-refractivity contribution in [3.05, 3.63) is 40.0 Å². The van der Waals surface area contributed by atoms with Gasteiger partial charge in [-0.15, -0.1) is 0 Å². The Labute approximate surface area is 140 Å². The Morgan fingerprint density at radius 1 is 1.18 bits per heavy atom. The summed E-state index contributed by atoms with van der Waals surface area (Å²) >= 11 is 12.1. The van der Waals surface area contributed by atoms with Crippen LogP contribution in [0.1, 0.15) is 12.1 Å². The largest absolute Gasteiger partial charge is 0.385 e. The van der Waals surface area contributed by atoms with Gasteiger partial charge >= 0.3 is 0 Å². The first kappa shape index (κ1) is 16.8. The van der Waals surface area contributed by atoms with Crippen molar-refractivity contribution < 1.29 is 4.74 Å². The molecule has 2 aromatic rings. The van der Waals surface area contributed by atoms with E-state index >= 15 is 0 Å². The number of methoxy groups -OCH3 is 1. The number of aryl methyl sites for hydroxylation is 1. The first-order valence-electron chi connectivity index (χ1n) is 6.89. The van der Waals surface area contributed by atoms with Crippen molar-refractivity contribution in [1.29, 1.82) is 0 Å². The molecule has 1 heterocycles. The molecule has 0 fully saturated rings. The summed E-state index contributed by atoms with van der Waals surface area (Å²) in [4.78, 5) is 8.78. The van der Waals surface area contributed by atoms with Crippen LogP contribution in [-0.2, 0) is 4.74 Å². The molecule has 2 rings (SSSR count). The average Bonchev–Trinajstić information content (AvgIpc) is 2.47. The molecular weight excluding hydrogens is 323 g/mol. The third kappa shape index (κ3) is 5.02. The molecular formula is C15H18Cl2N4O. The van der Waals surface area contributed by atoms with Crippen molar-refractivity contribution in [2.45, 2.75) is 13.3 Å². The molecule has 0 aliphatic heterocycles. The zero-order chi connectivity index (χ0) is 15.9. The Hall–Kier alpha value is -1.56. The fourth-order valence-electron chi connectivity index (χ4n) is 1.86. The van der Waals surface area contributed by atoms with E-state index in [0.717, 1.165) is 24.5 Å². The third-order valence-electron chi connectivity index (χ3n) is 2.86. The van der Waals surface area contributed by atoms with Crippen molar-refractivity contribution in [3.8, 4) is 0 Å². The Morgan fingerprint density at radius 3 is 2.77 bits per heavy atom. The predicted octanol–water partition coefficient (Wildman–Crippen LogP) is 4.28. The van der Waals surface area contributed by atoms with Gasteiger partial charge in [0.05, 0.1) is 10.7 Å². The van der Waals surface area contributed by atoms with Gasteiger partial charge in [0.2, 0.25) is 5.95 Å². The normalized spacial score (nSPS) is 10.5. The first-order valence-corrected chi connectivity index (χ1v) is 7.64. The van der Waals surface area contributed by atoms with Gasteiger partial charge in [0.25, 0.3) is 0 Å². The molecule has 0 amide bonds. The number of hydrogen-bond donors (Lipinski definition) is 2. The maximum absolute atomic E-state index is 6.14. The summed E-state index contributed by atoms with van der Waals surface area (Å²) in [5, 5.41) is 7.49. The van der Waals surface area contributed by atoms with E-state index in [0.29, 0.717) is 28.3 Å². The van der Waals surface area contributed by atoms with E-state index in [2.05, 4.69) is 20.6 Å². The molecule has 0 aliphatic carbocycles. The molecule has 0 aliphatic rings. The Balaban J connectivity index is 2.10. The third-order valence-corrected chi connectivity index (χ3v) is 3.43. The summed E-state index contributed by atoms with van der Waals surface area (Å²) in [6.07, 6.45) is 0.905. The molecule has 0 radical (unpaired) electrons. The Morgan fingerprint density at radius 2 is 2.00 bits per heavy atom. The molecule has 22 heavy (non-hydrogen) atoms. The minimum Gasteiger partial charge on any atom is -0.385 e. The minimum absolute atomic E-state index is 0.471. The smallest absolute Gasteiger partial charge is 0.229 e. The number of ether oxygens (including phenoxy) is 1. The maximum atomic E-state index is 6.14. The van der Waals surface area contributed by atoms with Crippen LogP contribution in [0.2, 0.25) is 10.0 Å². The van der Waals surface area contributed by atoms with Crippen LogP contribution in [-0.4, -0.2) is 30.2 Å². The molecule has 5 nitrogen and oxygen atoms in total. The number of nitrogens with zero attached hydrogens (tertiary/aromatic N) is 2. The average molecular weight is 341 g/mol. The van der Waals surface area contributed by atoms with Crippen LogP contribution in [0, 0.1) is 6.92 Å². The zero-order valence-corrected chi connectivity index (χ0v) is 14.0. The van der Waals surface area contributed by atoms with Crippen LogP contribution in [0.4, 0.5) is 17.5 Å². The highest BCUT2D eigenvalue weighted by Gasteiger charge is 2.06. The molecule has 0 unspecified atom stereocenters. The van der Waals surface area contributed by atoms with Gasteiger partial charge in [-0.05, 0) is 31.5 Å². The molecule has 1 aromatic heterocycles. The summed E-state index contributed by atoms with van der Waals surface area (Å²) in [6, 6.07) is 7.08. The fourth-order valence-corrected chi connectivity index (χ4v) is 2.20. The Kier molecular flexibility index (Phi) is 6.24. The second kappa shape index (κ2) is 8.17. The van der Waals surface area contributed by atoms with Gasteiger partial charge in [-0.1, -0.05) is 23.2 Å². The highest BCUT2D eigenvalue weighted by Crippen LogP contribution is 2.27. The zero-order valence-electron chi connectivity index (χ0n) is 12.5. The van der Waals surface area contributed by atoms with Crippen molar-refractivity contribution >= 4 is 40.7 Å². The monoisotopic (exact) mass is 340 g/mol. The molecule has 0 spiro atoms. The molecule has 0 saturated carbocycles. The lowest BCUT2D eigenvalue weighted by molar-refractivity contribution is 0.198. The van der Waals surface area contributed by atoms with Gasteiger partial charge in [0, 0.05) is 37.0 Å². The van der Waals surface area contributed by atoms with E-state index in [1.165, 1.54) is 0 Å². The van der Waals surface area contributed by atoms with Gasteiger partial charge in [-0.2, -0.15) is 4.98 Å². The number of aromatic nitrogens is 2. The van der Waals surface area contributed by atoms with E-state index in [4.69, 9.17) is 27.9 Å². The Bertz CT molecular complexity index is 637. The summed E-state index contributed by atoms with van der Waals surface area (Å²) < 4.78 is 5.02. The summed E-state index contributed by atoms with van der Waals surface area (Å²) in [5.41, 5.74) is 1.52. The van der Waals surface area contributed by atoms with Crippen LogP contribution >= 0.6 is 23.2 Å². The number of hydrogen-bond acceptors (Lipinski definition) is 5. The molecule has 118 valence electrons. The molecule has 2 N–H and O–H groups in total. The summed E-state index contributed by atoms with van der Waals surface area (Å²) in [6.45, 7) is 3.40. The molecule has 1 aromatic carbocycles. The van der Waals surface area contributed by atoms with Gasteiger partial charge < -0.3 is 15.4 Å². The van der Waals surface area contributed by atoms with E-state index in [1.54, 1.807) is 25.3 Å². The van der Waals surface area contributed by atoms with Crippen LogP contribution in [0.5, 0.6) is 0 Å². The lowest BCUT2D eigenvalue weighted by atomic mass is 10.3. The summed E-state index contributed by atoms with van der Waals surface area (Å²) in [5.74, 6) is 1.22. The lowest BCUT2D eigenvalue weighted by Crippen LogP contribution is -2.08. The van der Waals surface area contributed by atoms with Crippen LogP contribution in [0.25, 0.3) is 0 Å². The van der Waals surface area contributed by atoms with E-state index < -0.39 is 0 Å². The number of halogens is 2. The van der Waals surface area contributed by atoms with Crippen LogP contribution < -0.4 is 10.6 Å². The number of rotatable bonds is 7. The van der Waals surface area contributed by atoms with E-state index in [1.807, 2.05) is 13.0 Å². The van der Waals surface area contributed by atoms with Gasteiger partial charge in [-0.25, -0.2) is 4.98 Å².